The van der Waals surface area contributed by atoms with Gasteiger partial charge in [-0.1, -0.05) is 48.5 Å². The van der Waals surface area contributed by atoms with Gasteiger partial charge in [0.15, 0.2) is 11.5 Å². The van der Waals surface area contributed by atoms with Gasteiger partial charge in [0.1, 0.15) is 24.5 Å². The second-order valence-corrected chi connectivity index (χ2v) is 6.95. The smallest absolute Gasteiger partial charge is 0.303 e. The van der Waals surface area contributed by atoms with Crippen molar-refractivity contribution in [1.29, 1.82) is 0 Å². The predicted octanol–water partition coefficient (Wildman–Crippen LogP) is 3.22. The maximum atomic E-state index is 13.0. The number of para-hydroxylation sites is 1. The van der Waals surface area contributed by atoms with E-state index in [9.17, 15) is 9.59 Å². The Bertz CT molecular complexity index is 1220. The van der Waals surface area contributed by atoms with Crippen LogP contribution in [-0.2, 0) is 27.5 Å². The van der Waals surface area contributed by atoms with E-state index in [4.69, 9.17) is 4.74 Å². The molecule has 0 saturated carbocycles. The number of esters is 1. The minimum absolute atomic E-state index is 0.0102. The van der Waals surface area contributed by atoms with E-state index in [0.29, 0.717) is 22.8 Å². The Hall–Kier alpha value is -4.07. The molecule has 0 N–H and O–H groups in total. The van der Waals surface area contributed by atoms with Crippen molar-refractivity contribution in [1.82, 2.24) is 19.5 Å². The molecule has 2 aromatic carbocycles. The van der Waals surface area contributed by atoms with Crippen LogP contribution in [0.15, 0.2) is 66.9 Å². The molecule has 0 bridgehead atoms. The van der Waals surface area contributed by atoms with Crippen molar-refractivity contribution >= 4 is 28.7 Å². The molecule has 0 saturated heterocycles. The largest absolute Gasteiger partial charge is 0.458 e. The van der Waals surface area contributed by atoms with Gasteiger partial charge in [-0.3, -0.25) is 9.59 Å². The van der Waals surface area contributed by atoms with Crippen molar-refractivity contribution in [3.05, 3.63) is 72.7 Å². The summed E-state index contributed by atoms with van der Waals surface area (Å²) in [5, 5.41) is 0. The van der Waals surface area contributed by atoms with Gasteiger partial charge in [0.25, 0.3) is 0 Å². The summed E-state index contributed by atoms with van der Waals surface area (Å²) in [5.41, 5.74) is 2.66. The number of nitrogens with zero attached hydrogens (tertiary/aromatic N) is 5. The van der Waals surface area contributed by atoms with Crippen molar-refractivity contribution in [2.75, 3.05) is 11.9 Å². The number of likely N-dealkylation sites (N-methyl/N-ethyl adjacent to an activating group) is 1. The third-order valence-electron chi connectivity index (χ3n) is 4.81. The molecule has 2 heterocycles. The quantitative estimate of drug-likeness (QED) is 0.449. The third kappa shape index (κ3) is 4.42. The average Bonchev–Trinajstić information content (AvgIpc) is 3.14. The van der Waals surface area contributed by atoms with E-state index in [1.807, 2.05) is 60.7 Å². The summed E-state index contributed by atoms with van der Waals surface area (Å²) in [7, 11) is 1.72. The normalized spacial score (nSPS) is 10.8. The van der Waals surface area contributed by atoms with Gasteiger partial charge in [0.2, 0.25) is 5.91 Å². The van der Waals surface area contributed by atoms with Crippen LogP contribution in [-0.4, -0.2) is 38.4 Å². The van der Waals surface area contributed by atoms with Crippen LogP contribution in [0, 0.1) is 0 Å². The lowest BCUT2D eigenvalue weighted by atomic mass is 10.2. The number of ether oxygens (including phenoxy) is 1. The van der Waals surface area contributed by atoms with Gasteiger partial charge in [-0.25, -0.2) is 15.0 Å². The van der Waals surface area contributed by atoms with Gasteiger partial charge >= 0.3 is 5.97 Å². The van der Waals surface area contributed by atoms with Gasteiger partial charge in [-0.15, -0.1) is 0 Å². The van der Waals surface area contributed by atoms with E-state index in [2.05, 4.69) is 15.0 Å². The fourth-order valence-corrected chi connectivity index (χ4v) is 3.17. The minimum atomic E-state index is -0.428. The molecule has 0 atom stereocenters. The Balaban J connectivity index is 1.73. The van der Waals surface area contributed by atoms with E-state index < -0.39 is 5.97 Å². The molecule has 8 heteroatoms. The summed E-state index contributed by atoms with van der Waals surface area (Å²) >= 11 is 0. The number of imidazole rings is 1. The highest BCUT2D eigenvalue weighted by atomic mass is 16.5. The van der Waals surface area contributed by atoms with Crippen LogP contribution in [0.5, 0.6) is 0 Å². The zero-order valence-electron chi connectivity index (χ0n) is 17.2. The van der Waals surface area contributed by atoms with E-state index in [0.717, 1.165) is 11.3 Å². The van der Waals surface area contributed by atoms with Crippen molar-refractivity contribution in [2.45, 2.75) is 20.1 Å². The first kappa shape index (κ1) is 20.2. The lowest BCUT2D eigenvalue weighted by Gasteiger charge is -2.18. The molecule has 8 nitrogen and oxygen atoms in total. The molecule has 0 aliphatic rings. The summed E-state index contributed by atoms with van der Waals surface area (Å²) in [6, 6.07) is 18.9. The number of aromatic nitrogens is 4. The van der Waals surface area contributed by atoms with Crippen LogP contribution in [0.2, 0.25) is 0 Å². The topological polar surface area (TPSA) is 90.2 Å². The van der Waals surface area contributed by atoms with E-state index in [1.54, 1.807) is 22.7 Å². The number of amides is 1. The average molecular weight is 415 g/mol. The molecular formula is C23H21N5O3. The van der Waals surface area contributed by atoms with Gasteiger partial charge in [-0.05, 0) is 12.1 Å². The first-order chi connectivity index (χ1) is 15.0. The third-order valence-corrected chi connectivity index (χ3v) is 4.81. The maximum absolute atomic E-state index is 13.0. The number of rotatable bonds is 6. The van der Waals surface area contributed by atoms with Crippen LogP contribution in [0.4, 0.5) is 5.69 Å². The molecule has 0 aliphatic carbocycles. The molecule has 0 radical (unpaired) electrons. The molecule has 2 aromatic heterocycles. The Morgan fingerprint density at radius 3 is 2.35 bits per heavy atom. The molecular weight excluding hydrogens is 394 g/mol. The predicted molar refractivity (Wildman–Crippen MR) is 116 cm³/mol. The fourth-order valence-electron chi connectivity index (χ4n) is 3.17. The van der Waals surface area contributed by atoms with Gasteiger partial charge in [-0.2, -0.15) is 0 Å². The first-order valence-electron chi connectivity index (χ1n) is 9.75. The first-order valence-corrected chi connectivity index (χ1v) is 9.75. The van der Waals surface area contributed by atoms with E-state index in [1.165, 1.54) is 6.92 Å². The molecule has 156 valence electrons. The summed E-state index contributed by atoms with van der Waals surface area (Å²) in [6.45, 7) is 1.26. The lowest BCUT2D eigenvalue weighted by Crippen LogP contribution is -2.30. The van der Waals surface area contributed by atoms with Gasteiger partial charge in [0, 0.05) is 25.2 Å². The van der Waals surface area contributed by atoms with E-state index in [-0.39, 0.29) is 19.1 Å². The zero-order chi connectivity index (χ0) is 21.8. The number of fused-ring (bicyclic) bond motifs is 1. The number of hydrogen-bond acceptors (Lipinski definition) is 6. The lowest BCUT2D eigenvalue weighted by molar-refractivity contribution is -0.142. The fraction of sp³-hybridized carbons (Fsp3) is 0.174. The van der Waals surface area contributed by atoms with Crippen LogP contribution in [0.25, 0.3) is 22.6 Å². The van der Waals surface area contributed by atoms with Crippen molar-refractivity contribution in [3.8, 4) is 11.4 Å². The number of carbonyl (C=O) groups is 2. The van der Waals surface area contributed by atoms with Crippen LogP contribution in [0.1, 0.15) is 12.7 Å². The minimum Gasteiger partial charge on any atom is -0.458 e. The number of hydrogen-bond donors (Lipinski definition) is 0. The van der Waals surface area contributed by atoms with Crippen LogP contribution >= 0.6 is 0 Å². The standard InChI is InChI=1S/C23H21N5O3/c1-16(29)31-15-20-25-19-13-24-22(17-9-5-3-6-10-17)26-23(19)28(20)14-21(30)27(2)18-11-7-4-8-12-18/h3-13H,14-15H2,1-2H3. The van der Waals surface area contributed by atoms with Crippen LogP contribution in [0.3, 0.4) is 0 Å². The molecule has 0 aliphatic heterocycles. The molecule has 1 amide bonds. The molecule has 4 rings (SSSR count). The number of benzene rings is 2. The summed E-state index contributed by atoms with van der Waals surface area (Å²) in [4.78, 5) is 39.5. The Morgan fingerprint density at radius 1 is 1.00 bits per heavy atom. The summed E-state index contributed by atoms with van der Waals surface area (Å²) in [5.74, 6) is 0.369. The highest BCUT2D eigenvalue weighted by Gasteiger charge is 2.19. The highest BCUT2D eigenvalue weighted by Crippen LogP contribution is 2.21. The highest BCUT2D eigenvalue weighted by molar-refractivity contribution is 5.93. The monoisotopic (exact) mass is 415 g/mol. The molecule has 31 heavy (non-hydrogen) atoms. The summed E-state index contributed by atoms with van der Waals surface area (Å²) < 4.78 is 6.82. The summed E-state index contributed by atoms with van der Waals surface area (Å²) in [6.07, 6.45) is 1.61. The second kappa shape index (κ2) is 8.74. The maximum Gasteiger partial charge on any atom is 0.303 e. The Kier molecular flexibility index (Phi) is 5.70. The Morgan fingerprint density at radius 2 is 1.68 bits per heavy atom. The van der Waals surface area contributed by atoms with Crippen molar-refractivity contribution < 1.29 is 14.3 Å². The van der Waals surface area contributed by atoms with Crippen molar-refractivity contribution in [3.63, 3.8) is 0 Å². The number of anilines is 1. The van der Waals surface area contributed by atoms with Gasteiger partial charge < -0.3 is 14.2 Å². The Labute approximate surface area is 179 Å². The zero-order valence-corrected chi connectivity index (χ0v) is 17.2. The molecule has 0 unspecified atom stereocenters. The second-order valence-electron chi connectivity index (χ2n) is 6.95. The molecule has 4 aromatic rings. The van der Waals surface area contributed by atoms with E-state index >= 15 is 0 Å². The molecule has 0 spiro atoms. The SMILES string of the molecule is CC(=O)OCc1nc2cnc(-c3ccccc3)nc2n1CC(=O)N(C)c1ccccc1. The number of carbonyl (C=O) groups excluding carboxylic acids is 2. The molecule has 0 fully saturated rings. The van der Waals surface area contributed by atoms with Crippen LogP contribution < -0.4 is 4.90 Å². The van der Waals surface area contributed by atoms with Gasteiger partial charge in [0.05, 0.1) is 6.20 Å². The van der Waals surface area contributed by atoms with Crippen molar-refractivity contribution in [2.24, 2.45) is 0 Å².